The maximum Gasteiger partial charge on any atom is 0.263 e. The van der Waals surface area contributed by atoms with Crippen molar-refractivity contribution in [2.24, 2.45) is 0 Å². The number of carbonyl (C=O) groups excluding carboxylic acids is 2. The molecule has 1 atom stereocenters. The molecule has 1 aliphatic rings. The van der Waals surface area contributed by atoms with E-state index >= 15 is 0 Å². The highest BCUT2D eigenvalue weighted by atomic mass is 16.5. The number of amides is 2. The Hall–Kier alpha value is -2.82. The topological polar surface area (TPSA) is 49.9 Å². The first-order chi connectivity index (χ1) is 14.8. The van der Waals surface area contributed by atoms with Crippen molar-refractivity contribution in [3.05, 3.63) is 65.2 Å². The number of benzene rings is 2. The van der Waals surface area contributed by atoms with E-state index in [4.69, 9.17) is 4.74 Å². The third-order valence-corrected chi connectivity index (χ3v) is 5.90. The standard InChI is InChI=1S/C26H34N2O3/c1-19(2)23-10-12-24(13-11-23)31-21(4)26(30)28-17-15-27(16-18-28)25(29)14-9-22-7-5-20(3)6-8-22/h5-8,10-13,19,21H,9,14-18H2,1-4H3. The molecule has 0 spiro atoms. The molecule has 166 valence electrons. The molecule has 5 nitrogen and oxygen atoms in total. The van der Waals surface area contributed by atoms with Gasteiger partial charge in [0.05, 0.1) is 0 Å². The maximum absolute atomic E-state index is 12.8. The molecule has 0 aromatic heterocycles. The number of ether oxygens (including phenoxy) is 1. The van der Waals surface area contributed by atoms with E-state index in [-0.39, 0.29) is 11.8 Å². The summed E-state index contributed by atoms with van der Waals surface area (Å²) < 4.78 is 5.86. The Bertz CT molecular complexity index is 867. The summed E-state index contributed by atoms with van der Waals surface area (Å²) in [5, 5.41) is 0. The minimum absolute atomic E-state index is 0.0281. The summed E-state index contributed by atoms with van der Waals surface area (Å²) in [6, 6.07) is 16.2. The minimum Gasteiger partial charge on any atom is -0.481 e. The second kappa shape index (κ2) is 10.5. The van der Waals surface area contributed by atoms with Crippen molar-refractivity contribution in [2.75, 3.05) is 26.2 Å². The fraction of sp³-hybridized carbons (Fsp3) is 0.462. The Morgan fingerprint density at radius 2 is 1.45 bits per heavy atom. The van der Waals surface area contributed by atoms with E-state index in [0.717, 1.165) is 6.42 Å². The van der Waals surface area contributed by atoms with Gasteiger partial charge in [0.25, 0.3) is 5.91 Å². The Kier molecular flexibility index (Phi) is 7.72. The minimum atomic E-state index is -0.548. The summed E-state index contributed by atoms with van der Waals surface area (Å²) in [5.41, 5.74) is 3.65. The number of carbonyl (C=O) groups is 2. The zero-order chi connectivity index (χ0) is 22.4. The lowest BCUT2D eigenvalue weighted by molar-refractivity contribution is -0.143. The van der Waals surface area contributed by atoms with Crippen LogP contribution in [0, 0.1) is 6.92 Å². The van der Waals surface area contributed by atoms with Gasteiger partial charge in [0.2, 0.25) is 5.91 Å². The van der Waals surface area contributed by atoms with Gasteiger partial charge in [0.1, 0.15) is 5.75 Å². The monoisotopic (exact) mass is 422 g/mol. The van der Waals surface area contributed by atoms with Crippen LogP contribution in [-0.2, 0) is 16.0 Å². The van der Waals surface area contributed by atoms with Gasteiger partial charge in [-0.05, 0) is 49.4 Å². The second-order valence-electron chi connectivity index (χ2n) is 8.68. The fourth-order valence-corrected chi connectivity index (χ4v) is 3.78. The summed E-state index contributed by atoms with van der Waals surface area (Å²) >= 11 is 0. The van der Waals surface area contributed by atoms with E-state index in [9.17, 15) is 9.59 Å². The number of aryl methyl sites for hydroxylation is 2. The van der Waals surface area contributed by atoms with Crippen LogP contribution in [0.15, 0.2) is 48.5 Å². The number of hydrogen-bond donors (Lipinski definition) is 0. The molecule has 0 aliphatic carbocycles. The number of piperazine rings is 1. The van der Waals surface area contributed by atoms with Crippen molar-refractivity contribution in [1.29, 1.82) is 0 Å². The van der Waals surface area contributed by atoms with Crippen LogP contribution in [0.4, 0.5) is 0 Å². The van der Waals surface area contributed by atoms with Crippen LogP contribution in [0.3, 0.4) is 0 Å². The van der Waals surface area contributed by atoms with Crippen LogP contribution in [-0.4, -0.2) is 53.9 Å². The maximum atomic E-state index is 12.8. The molecule has 0 saturated carbocycles. The molecular weight excluding hydrogens is 388 g/mol. The zero-order valence-electron chi connectivity index (χ0n) is 19.1. The van der Waals surface area contributed by atoms with E-state index in [0.29, 0.717) is 44.3 Å². The number of hydrogen-bond acceptors (Lipinski definition) is 3. The number of nitrogens with zero attached hydrogens (tertiary/aromatic N) is 2. The van der Waals surface area contributed by atoms with Crippen LogP contribution < -0.4 is 4.74 Å². The highest BCUT2D eigenvalue weighted by Gasteiger charge is 2.27. The van der Waals surface area contributed by atoms with Gasteiger partial charge in [-0.25, -0.2) is 0 Å². The average Bonchev–Trinajstić information content (AvgIpc) is 2.78. The molecule has 5 heteroatoms. The van der Waals surface area contributed by atoms with Gasteiger partial charge in [-0.3, -0.25) is 9.59 Å². The van der Waals surface area contributed by atoms with Gasteiger partial charge in [-0.1, -0.05) is 55.8 Å². The third kappa shape index (κ3) is 6.33. The lowest BCUT2D eigenvalue weighted by atomic mass is 10.0. The predicted molar refractivity (Wildman–Crippen MR) is 123 cm³/mol. The molecule has 0 radical (unpaired) electrons. The molecule has 0 bridgehead atoms. The van der Waals surface area contributed by atoms with Gasteiger partial charge >= 0.3 is 0 Å². The molecule has 3 rings (SSSR count). The normalized spacial score (nSPS) is 15.1. The highest BCUT2D eigenvalue weighted by molar-refractivity contribution is 5.81. The summed E-state index contributed by atoms with van der Waals surface area (Å²) in [5.74, 6) is 1.29. The van der Waals surface area contributed by atoms with Crippen molar-refractivity contribution in [3.63, 3.8) is 0 Å². The van der Waals surface area contributed by atoms with E-state index in [1.165, 1.54) is 16.7 Å². The van der Waals surface area contributed by atoms with E-state index in [1.807, 2.05) is 29.2 Å². The van der Waals surface area contributed by atoms with E-state index < -0.39 is 6.10 Å². The quantitative estimate of drug-likeness (QED) is 0.672. The van der Waals surface area contributed by atoms with Crippen LogP contribution in [0.25, 0.3) is 0 Å². The fourth-order valence-electron chi connectivity index (χ4n) is 3.78. The van der Waals surface area contributed by atoms with Crippen LogP contribution >= 0.6 is 0 Å². The summed E-state index contributed by atoms with van der Waals surface area (Å²) in [6.07, 6.45) is 0.704. The van der Waals surface area contributed by atoms with Gasteiger partial charge < -0.3 is 14.5 Å². The van der Waals surface area contributed by atoms with E-state index in [2.05, 4.69) is 45.0 Å². The van der Waals surface area contributed by atoms with Gasteiger partial charge in [-0.2, -0.15) is 0 Å². The molecule has 1 fully saturated rings. The van der Waals surface area contributed by atoms with Gasteiger partial charge in [-0.15, -0.1) is 0 Å². The summed E-state index contributed by atoms with van der Waals surface area (Å²) in [7, 11) is 0. The summed E-state index contributed by atoms with van der Waals surface area (Å²) in [4.78, 5) is 29.0. The Labute approximate surface area is 186 Å². The molecule has 31 heavy (non-hydrogen) atoms. The molecule has 2 amide bonds. The van der Waals surface area contributed by atoms with Crippen LogP contribution in [0.1, 0.15) is 49.8 Å². The molecular formula is C26H34N2O3. The molecule has 1 unspecified atom stereocenters. The van der Waals surface area contributed by atoms with Crippen LogP contribution in [0.5, 0.6) is 5.75 Å². The predicted octanol–water partition coefficient (Wildman–Crippen LogP) is 4.19. The number of rotatable bonds is 7. The molecule has 0 N–H and O–H groups in total. The van der Waals surface area contributed by atoms with Crippen molar-refractivity contribution in [3.8, 4) is 5.75 Å². The smallest absolute Gasteiger partial charge is 0.263 e. The average molecular weight is 423 g/mol. The highest BCUT2D eigenvalue weighted by Crippen LogP contribution is 2.20. The van der Waals surface area contributed by atoms with Crippen molar-refractivity contribution in [1.82, 2.24) is 9.80 Å². The van der Waals surface area contributed by atoms with Crippen molar-refractivity contribution in [2.45, 2.75) is 52.6 Å². The van der Waals surface area contributed by atoms with Gasteiger partial charge in [0, 0.05) is 32.6 Å². The lowest BCUT2D eigenvalue weighted by Gasteiger charge is -2.36. The van der Waals surface area contributed by atoms with Gasteiger partial charge in [0.15, 0.2) is 6.10 Å². The zero-order valence-corrected chi connectivity index (χ0v) is 19.1. The van der Waals surface area contributed by atoms with Crippen molar-refractivity contribution < 1.29 is 14.3 Å². The first-order valence-electron chi connectivity index (χ1n) is 11.2. The largest absolute Gasteiger partial charge is 0.481 e. The Balaban J connectivity index is 1.44. The molecule has 2 aromatic carbocycles. The van der Waals surface area contributed by atoms with Crippen molar-refractivity contribution >= 4 is 11.8 Å². The van der Waals surface area contributed by atoms with E-state index in [1.54, 1.807) is 11.8 Å². The molecule has 2 aromatic rings. The Morgan fingerprint density at radius 3 is 2.03 bits per heavy atom. The SMILES string of the molecule is Cc1ccc(CCC(=O)N2CCN(C(=O)C(C)Oc3ccc(C(C)C)cc3)CC2)cc1. The molecule has 1 saturated heterocycles. The first kappa shape index (κ1) is 22.9. The molecule has 1 aliphatic heterocycles. The molecule has 1 heterocycles. The Morgan fingerprint density at radius 1 is 0.871 bits per heavy atom. The second-order valence-corrected chi connectivity index (χ2v) is 8.68. The first-order valence-corrected chi connectivity index (χ1v) is 11.2. The lowest BCUT2D eigenvalue weighted by Crippen LogP contribution is -2.53. The summed E-state index contributed by atoms with van der Waals surface area (Å²) in [6.45, 7) is 10.4. The third-order valence-electron chi connectivity index (χ3n) is 5.90. The van der Waals surface area contributed by atoms with Crippen LogP contribution in [0.2, 0.25) is 0 Å².